The second-order valence-electron chi connectivity index (χ2n) is 4.35. The summed E-state index contributed by atoms with van der Waals surface area (Å²) in [5.41, 5.74) is 0. The number of sulfonamides is 1. The van der Waals surface area contributed by atoms with Gasteiger partial charge in [0.25, 0.3) is 0 Å². The maximum Gasteiger partial charge on any atom is 0.241 e. The summed E-state index contributed by atoms with van der Waals surface area (Å²) in [5, 5.41) is 0. The van der Waals surface area contributed by atoms with E-state index < -0.39 is 10.0 Å². The van der Waals surface area contributed by atoms with Gasteiger partial charge in [0.05, 0.1) is 11.1 Å². The third kappa shape index (κ3) is 3.06. The predicted octanol–water partition coefficient (Wildman–Crippen LogP) is 1.41. The van der Waals surface area contributed by atoms with Gasteiger partial charge in [-0.3, -0.25) is 4.90 Å². The fraction of sp³-hybridized carbons (Fsp3) is 0.500. The van der Waals surface area contributed by atoms with Gasteiger partial charge in [-0.2, -0.15) is 4.72 Å². The zero-order chi connectivity index (χ0) is 12.3. The van der Waals surface area contributed by atoms with E-state index in [-0.39, 0.29) is 6.17 Å². The van der Waals surface area contributed by atoms with E-state index in [0.717, 1.165) is 25.9 Å². The summed E-state index contributed by atoms with van der Waals surface area (Å²) in [7, 11) is -3.39. The Morgan fingerprint density at radius 2 is 1.76 bits per heavy atom. The fourth-order valence-electron chi connectivity index (χ4n) is 2.10. The lowest BCUT2D eigenvalue weighted by atomic mass is 10.4. The first kappa shape index (κ1) is 12.5. The van der Waals surface area contributed by atoms with Gasteiger partial charge in [0.2, 0.25) is 10.0 Å². The molecule has 1 aliphatic heterocycles. The van der Waals surface area contributed by atoms with E-state index >= 15 is 0 Å². The Kier molecular flexibility index (Phi) is 3.81. The Labute approximate surface area is 103 Å². The van der Waals surface area contributed by atoms with Crippen LogP contribution in [-0.2, 0) is 10.0 Å². The van der Waals surface area contributed by atoms with Crippen LogP contribution in [0.15, 0.2) is 35.2 Å². The molecule has 94 valence electrons. The average molecular weight is 254 g/mol. The van der Waals surface area contributed by atoms with Gasteiger partial charge in [0.15, 0.2) is 0 Å². The molecule has 0 radical (unpaired) electrons. The lowest BCUT2D eigenvalue weighted by Crippen LogP contribution is -2.44. The minimum Gasteiger partial charge on any atom is -0.287 e. The molecule has 17 heavy (non-hydrogen) atoms. The summed E-state index contributed by atoms with van der Waals surface area (Å²) < 4.78 is 26.8. The van der Waals surface area contributed by atoms with Crippen molar-refractivity contribution < 1.29 is 8.42 Å². The minimum atomic E-state index is -3.39. The normalized spacial score (nSPS) is 19.4. The van der Waals surface area contributed by atoms with Gasteiger partial charge in [-0.15, -0.1) is 0 Å². The van der Waals surface area contributed by atoms with Gasteiger partial charge in [0, 0.05) is 0 Å². The van der Waals surface area contributed by atoms with Gasteiger partial charge in [-0.05, 0) is 45.0 Å². The Bertz CT molecular complexity index is 453. The van der Waals surface area contributed by atoms with Crippen LogP contribution in [0.25, 0.3) is 0 Å². The Morgan fingerprint density at radius 1 is 1.18 bits per heavy atom. The van der Waals surface area contributed by atoms with Crippen LogP contribution in [0.4, 0.5) is 0 Å². The Morgan fingerprint density at radius 3 is 2.35 bits per heavy atom. The number of nitrogens with one attached hydrogen (secondary N) is 1. The molecule has 1 fully saturated rings. The van der Waals surface area contributed by atoms with Crippen molar-refractivity contribution in [2.24, 2.45) is 0 Å². The highest BCUT2D eigenvalue weighted by atomic mass is 32.2. The summed E-state index contributed by atoms with van der Waals surface area (Å²) in [6, 6.07) is 8.49. The van der Waals surface area contributed by atoms with Crippen molar-refractivity contribution in [2.45, 2.75) is 30.8 Å². The molecule has 0 bridgehead atoms. The second-order valence-corrected chi connectivity index (χ2v) is 6.07. The molecular formula is C12H18N2O2S. The van der Waals surface area contributed by atoms with E-state index in [4.69, 9.17) is 0 Å². The monoisotopic (exact) mass is 254 g/mol. The summed E-state index contributed by atoms with van der Waals surface area (Å²) in [5.74, 6) is 0. The van der Waals surface area contributed by atoms with E-state index in [2.05, 4.69) is 9.62 Å². The quantitative estimate of drug-likeness (QED) is 0.883. The number of benzene rings is 1. The summed E-state index contributed by atoms with van der Waals surface area (Å²) >= 11 is 0. The van der Waals surface area contributed by atoms with Crippen LogP contribution in [0.1, 0.15) is 19.8 Å². The minimum absolute atomic E-state index is 0.136. The molecule has 1 aromatic rings. The molecular weight excluding hydrogens is 236 g/mol. The molecule has 1 atom stereocenters. The first-order valence-electron chi connectivity index (χ1n) is 5.91. The molecule has 0 spiro atoms. The number of hydrogen-bond donors (Lipinski definition) is 1. The zero-order valence-electron chi connectivity index (χ0n) is 9.96. The van der Waals surface area contributed by atoms with Crippen LogP contribution in [-0.4, -0.2) is 32.6 Å². The Hall–Kier alpha value is -0.910. The maximum atomic E-state index is 12.1. The molecule has 1 aromatic carbocycles. The van der Waals surface area contributed by atoms with Gasteiger partial charge < -0.3 is 0 Å². The smallest absolute Gasteiger partial charge is 0.241 e. The molecule has 0 saturated carbocycles. The van der Waals surface area contributed by atoms with Crippen molar-refractivity contribution in [3.05, 3.63) is 30.3 Å². The van der Waals surface area contributed by atoms with Crippen LogP contribution >= 0.6 is 0 Å². The molecule has 1 heterocycles. The van der Waals surface area contributed by atoms with Crippen molar-refractivity contribution in [2.75, 3.05) is 13.1 Å². The lowest BCUT2D eigenvalue weighted by Gasteiger charge is -2.24. The van der Waals surface area contributed by atoms with E-state index in [1.807, 2.05) is 13.0 Å². The van der Waals surface area contributed by atoms with E-state index in [9.17, 15) is 8.42 Å². The van der Waals surface area contributed by atoms with Crippen LogP contribution in [0.5, 0.6) is 0 Å². The van der Waals surface area contributed by atoms with Crippen molar-refractivity contribution in [1.82, 2.24) is 9.62 Å². The van der Waals surface area contributed by atoms with Crippen molar-refractivity contribution in [1.29, 1.82) is 0 Å². The van der Waals surface area contributed by atoms with Gasteiger partial charge in [-0.25, -0.2) is 8.42 Å². The molecule has 1 saturated heterocycles. The topological polar surface area (TPSA) is 49.4 Å². The highest BCUT2D eigenvalue weighted by Crippen LogP contribution is 2.13. The first-order valence-corrected chi connectivity index (χ1v) is 7.39. The van der Waals surface area contributed by atoms with Crippen LogP contribution in [0, 0.1) is 0 Å². The summed E-state index contributed by atoms with van der Waals surface area (Å²) in [6.07, 6.45) is 2.16. The van der Waals surface area contributed by atoms with Crippen molar-refractivity contribution in [3.63, 3.8) is 0 Å². The molecule has 5 heteroatoms. The SMILES string of the molecule is CC(NS(=O)(=O)c1ccccc1)N1CCCC1. The largest absolute Gasteiger partial charge is 0.287 e. The van der Waals surface area contributed by atoms with E-state index in [0.29, 0.717) is 4.90 Å². The Balaban J connectivity index is 2.07. The molecule has 0 aliphatic carbocycles. The number of likely N-dealkylation sites (tertiary alicyclic amines) is 1. The molecule has 2 rings (SSSR count). The van der Waals surface area contributed by atoms with Crippen LogP contribution in [0.2, 0.25) is 0 Å². The third-order valence-corrected chi connectivity index (χ3v) is 4.61. The molecule has 1 unspecified atom stereocenters. The molecule has 0 amide bonds. The second kappa shape index (κ2) is 5.16. The van der Waals surface area contributed by atoms with E-state index in [1.165, 1.54) is 0 Å². The molecule has 0 aromatic heterocycles. The zero-order valence-corrected chi connectivity index (χ0v) is 10.8. The lowest BCUT2D eigenvalue weighted by molar-refractivity contribution is 0.246. The van der Waals surface area contributed by atoms with Crippen LogP contribution < -0.4 is 4.72 Å². The third-order valence-electron chi connectivity index (χ3n) is 3.07. The van der Waals surface area contributed by atoms with Gasteiger partial charge in [0.1, 0.15) is 0 Å². The van der Waals surface area contributed by atoms with Crippen molar-refractivity contribution >= 4 is 10.0 Å². The van der Waals surface area contributed by atoms with Gasteiger partial charge in [-0.1, -0.05) is 18.2 Å². The van der Waals surface area contributed by atoms with Crippen LogP contribution in [0.3, 0.4) is 0 Å². The first-order chi connectivity index (χ1) is 8.09. The average Bonchev–Trinajstić information content (AvgIpc) is 2.83. The van der Waals surface area contributed by atoms with E-state index in [1.54, 1.807) is 24.3 Å². The number of rotatable bonds is 4. The maximum absolute atomic E-state index is 12.1. The molecule has 1 N–H and O–H groups in total. The molecule has 4 nitrogen and oxygen atoms in total. The standard InChI is InChI=1S/C12H18N2O2S/c1-11(14-9-5-6-10-14)13-17(15,16)12-7-3-2-4-8-12/h2-4,7-8,11,13H,5-6,9-10H2,1H3. The molecule has 1 aliphatic rings. The highest BCUT2D eigenvalue weighted by molar-refractivity contribution is 7.89. The number of nitrogens with zero attached hydrogens (tertiary/aromatic N) is 1. The predicted molar refractivity (Wildman–Crippen MR) is 67.0 cm³/mol. The van der Waals surface area contributed by atoms with Gasteiger partial charge >= 0.3 is 0 Å². The number of hydrogen-bond acceptors (Lipinski definition) is 3. The highest BCUT2D eigenvalue weighted by Gasteiger charge is 2.23. The summed E-state index contributed by atoms with van der Waals surface area (Å²) in [4.78, 5) is 2.48. The summed E-state index contributed by atoms with van der Waals surface area (Å²) in [6.45, 7) is 3.84. The fourth-order valence-corrected chi connectivity index (χ4v) is 3.35. The van der Waals surface area contributed by atoms with Crippen molar-refractivity contribution in [3.8, 4) is 0 Å².